The summed E-state index contributed by atoms with van der Waals surface area (Å²) < 4.78 is 5.42. The topological polar surface area (TPSA) is 71.1 Å². The zero-order valence-electron chi connectivity index (χ0n) is 13.6. The van der Waals surface area contributed by atoms with Crippen LogP contribution >= 0.6 is 11.6 Å². The number of hydrogen-bond acceptors (Lipinski definition) is 4. The van der Waals surface area contributed by atoms with Crippen LogP contribution in [0.2, 0.25) is 5.15 Å². The van der Waals surface area contributed by atoms with Crippen LogP contribution in [0.15, 0.2) is 12.3 Å². The van der Waals surface area contributed by atoms with E-state index in [2.05, 4.69) is 15.0 Å². The Morgan fingerprint density at radius 1 is 1.39 bits per heavy atom. The number of aromatic nitrogens is 3. The second-order valence-corrected chi connectivity index (χ2v) is 7.28. The Kier molecular flexibility index (Phi) is 4.19. The number of nitrogens with zero attached hydrogens (tertiary/aromatic N) is 3. The lowest BCUT2D eigenvalue weighted by atomic mass is 9.94. The molecule has 1 aliphatic heterocycles. The summed E-state index contributed by atoms with van der Waals surface area (Å²) in [5.41, 5.74) is 2.17. The average Bonchev–Trinajstić information content (AvgIpc) is 2.88. The van der Waals surface area contributed by atoms with Crippen molar-refractivity contribution in [1.82, 2.24) is 19.9 Å². The van der Waals surface area contributed by atoms with E-state index in [1.54, 1.807) is 4.90 Å². The van der Waals surface area contributed by atoms with E-state index in [-0.39, 0.29) is 6.09 Å². The molecule has 2 aromatic rings. The number of carbonyl (C=O) groups is 1. The van der Waals surface area contributed by atoms with Crippen molar-refractivity contribution in [2.45, 2.75) is 45.1 Å². The number of likely N-dealkylation sites (tertiary alicyclic amines) is 1. The number of H-pyrrole nitrogens is 1. The lowest BCUT2D eigenvalue weighted by Crippen LogP contribution is -2.41. The van der Waals surface area contributed by atoms with E-state index in [4.69, 9.17) is 16.3 Å². The van der Waals surface area contributed by atoms with Gasteiger partial charge < -0.3 is 14.6 Å². The minimum absolute atomic E-state index is 0.234. The Bertz CT molecular complexity index is 714. The van der Waals surface area contributed by atoms with Gasteiger partial charge >= 0.3 is 6.09 Å². The molecular formula is C16H21ClN4O2. The van der Waals surface area contributed by atoms with Gasteiger partial charge in [0.1, 0.15) is 16.3 Å². The van der Waals surface area contributed by atoms with Gasteiger partial charge in [-0.2, -0.15) is 0 Å². The van der Waals surface area contributed by atoms with E-state index >= 15 is 0 Å². The quantitative estimate of drug-likeness (QED) is 0.861. The van der Waals surface area contributed by atoms with Crippen LogP contribution in [0, 0.1) is 0 Å². The van der Waals surface area contributed by atoms with E-state index in [0.717, 1.165) is 29.7 Å². The third-order valence-electron chi connectivity index (χ3n) is 3.91. The Balaban J connectivity index is 1.65. The van der Waals surface area contributed by atoms with Crippen molar-refractivity contribution in [3.63, 3.8) is 0 Å². The number of nitrogens with one attached hydrogen (secondary N) is 1. The zero-order chi connectivity index (χ0) is 16.6. The summed E-state index contributed by atoms with van der Waals surface area (Å²) in [6, 6.07) is 2.00. The summed E-state index contributed by atoms with van der Waals surface area (Å²) in [6.45, 7) is 7.03. The van der Waals surface area contributed by atoms with E-state index < -0.39 is 5.60 Å². The normalized spacial score (nSPS) is 16.8. The van der Waals surface area contributed by atoms with Crippen LogP contribution < -0.4 is 0 Å². The molecule has 0 bridgehead atoms. The maximum absolute atomic E-state index is 12.1. The number of carbonyl (C=O) groups excluding carboxylic acids is 1. The molecule has 1 N–H and O–H groups in total. The monoisotopic (exact) mass is 336 g/mol. The summed E-state index contributed by atoms with van der Waals surface area (Å²) in [6.07, 6.45) is 3.08. The van der Waals surface area contributed by atoms with Gasteiger partial charge in [-0.15, -0.1) is 0 Å². The summed E-state index contributed by atoms with van der Waals surface area (Å²) in [5.74, 6) is 0.364. The molecule has 0 atom stereocenters. The van der Waals surface area contributed by atoms with Crippen LogP contribution in [0.4, 0.5) is 4.79 Å². The molecule has 23 heavy (non-hydrogen) atoms. The molecule has 124 valence electrons. The van der Waals surface area contributed by atoms with E-state index in [9.17, 15) is 4.79 Å². The number of amides is 1. The molecule has 3 heterocycles. The van der Waals surface area contributed by atoms with Gasteiger partial charge in [0, 0.05) is 24.7 Å². The van der Waals surface area contributed by atoms with E-state index in [1.807, 2.05) is 26.8 Å². The standard InChI is InChI=1S/C16H21ClN4O2/c1-16(2,3)23-15(22)21-6-4-10(5-7-21)11-8-12-14(20-11)18-9-13(17)19-12/h8-10H,4-7H2,1-3H3,(H,18,20). The number of rotatable bonds is 1. The van der Waals surface area contributed by atoms with Crippen LogP contribution in [-0.2, 0) is 4.74 Å². The second kappa shape index (κ2) is 6.00. The molecule has 0 aliphatic carbocycles. The molecule has 0 saturated carbocycles. The van der Waals surface area contributed by atoms with E-state index in [1.165, 1.54) is 6.20 Å². The molecule has 0 unspecified atom stereocenters. The van der Waals surface area contributed by atoms with Gasteiger partial charge in [-0.25, -0.2) is 14.8 Å². The highest BCUT2D eigenvalue weighted by molar-refractivity contribution is 6.29. The Morgan fingerprint density at radius 3 is 2.74 bits per heavy atom. The molecule has 1 amide bonds. The van der Waals surface area contributed by atoms with Gasteiger partial charge in [0.15, 0.2) is 5.65 Å². The minimum atomic E-state index is -0.457. The first-order valence-corrected chi connectivity index (χ1v) is 8.19. The minimum Gasteiger partial charge on any atom is -0.444 e. The number of ether oxygens (including phenoxy) is 1. The Labute approximate surface area is 140 Å². The molecule has 0 aromatic carbocycles. The molecule has 0 radical (unpaired) electrons. The first-order chi connectivity index (χ1) is 10.8. The van der Waals surface area contributed by atoms with Gasteiger partial charge in [-0.3, -0.25) is 0 Å². The van der Waals surface area contributed by atoms with Gasteiger partial charge in [0.05, 0.1) is 6.20 Å². The predicted octanol–water partition coefficient (Wildman–Crippen LogP) is 3.73. The zero-order valence-corrected chi connectivity index (χ0v) is 14.4. The van der Waals surface area contributed by atoms with Crippen molar-refractivity contribution in [1.29, 1.82) is 0 Å². The highest BCUT2D eigenvalue weighted by atomic mass is 35.5. The average molecular weight is 337 g/mol. The Hall–Kier alpha value is -1.82. The lowest BCUT2D eigenvalue weighted by Gasteiger charge is -2.33. The number of fused-ring (bicyclic) bond motifs is 1. The molecule has 6 nitrogen and oxygen atoms in total. The van der Waals surface area contributed by atoms with E-state index in [0.29, 0.717) is 24.2 Å². The summed E-state index contributed by atoms with van der Waals surface area (Å²) in [4.78, 5) is 25.7. The van der Waals surface area contributed by atoms with Crippen LogP contribution in [0.25, 0.3) is 11.2 Å². The number of aromatic amines is 1. The van der Waals surface area contributed by atoms with Crippen molar-refractivity contribution in [3.8, 4) is 0 Å². The highest BCUT2D eigenvalue weighted by Gasteiger charge is 2.28. The maximum atomic E-state index is 12.1. The molecule has 1 fully saturated rings. The van der Waals surface area contributed by atoms with Gasteiger partial charge in [0.25, 0.3) is 0 Å². The first-order valence-electron chi connectivity index (χ1n) is 7.81. The van der Waals surface area contributed by atoms with Gasteiger partial charge in [0.2, 0.25) is 0 Å². The van der Waals surface area contributed by atoms with Crippen molar-refractivity contribution >= 4 is 28.9 Å². The molecule has 1 aliphatic rings. The van der Waals surface area contributed by atoms with Crippen LogP contribution in [0.5, 0.6) is 0 Å². The summed E-state index contributed by atoms with van der Waals surface area (Å²) in [7, 11) is 0. The van der Waals surface area contributed by atoms with Crippen LogP contribution in [-0.4, -0.2) is 44.6 Å². The fraction of sp³-hybridized carbons (Fsp3) is 0.562. The second-order valence-electron chi connectivity index (χ2n) is 6.89. The molecule has 0 spiro atoms. The molecular weight excluding hydrogens is 316 g/mol. The number of halogens is 1. The summed E-state index contributed by atoms with van der Waals surface area (Å²) in [5, 5.41) is 0.391. The molecule has 3 rings (SSSR count). The Morgan fingerprint density at radius 2 is 2.09 bits per heavy atom. The molecule has 2 aromatic heterocycles. The number of piperidine rings is 1. The van der Waals surface area contributed by atoms with Gasteiger partial charge in [-0.05, 0) is 39.7 Å². The van der Waals surface area contributed by atoms with Crippen molar-refractivity contribution < 1.29 is 9.53 Å². The fourth-order valence-corrected chi connectivity index (χ4v) is 2.96. The smallest absolute Gasteiger partial charge is 0.410 e. The maximum Gasteiger partial charge on any atom is 0.410 e. The largest absolute Gasteiger partial charge is 0.444 e. The summed E-state index contributed by atoms with van der Waals surface area (Å²) >= 11 is 5.87. The SMILES string of the molecule is CC(C)(C)OC(=O)N1CCC(c2cc3nc(Cl)cnc3[nH]2)CC1. The fourth-order valence-electron chi connectivity index (χ4n) is 2.82. The third-order valence-corrected chi connectivity index (χ3v) is 4.09. The van der Waals surface area contributed by atoms with Crippen molar-refractivity contribution in [2.24, 2.45) is 0 Å². The van der Waals surface area contributed by atoms with Crippen LogP contribution in [0.3, 0.4) is 0 Å². The number of hydrogen-bond donors (Lipinski definition) is 1. The van der Waals surface area contributed by atoms with Crippen LogP contribution in [0.1, 0.15) is 45.2 Å². The van der Waals surface area contributed by atoms with Gasteiger partial charge in [-0.1, -0.05) is 11.6 Å². The lowest BCUT2D eigenvalue weighted by molar-refractivity contribution is 0.0204. The predicted molar refractivity (Wildman–Crippen MR) is 88.7 cm³/mol. The van der Waals surface area contributed by atoms with Crippen molar-refractivity contribution in [3.05, 3.63) is 23.1 Å². The molecule has 1 saturated heterocycles. The first kappa shape index (κ1) is 16.1. The third kappa shape index (κ3) is 3.75. The highest BCUT2D eigenvalue weighted by Crippen LogP contribution is 2.29. The van der Waals surface area contributed by atoms with Crippen molar-refractivity contribution in [2.75, 3.05) is 13.1 Å². The molecule has 7 heteroatoms.